The van der Waals surface area contributed by atoms with Gasteiger partial charge in [-0.2, -0.15) is 0 Å². The number of aliphatic hydroxyl groups excluding tert-OH is 1. The molecule has 0 saturated carbocycles. The minimum Gasteiger partial charge on any atom is -0.439 e. The third-order valence-corrected chi connectivity index (χ3v) is 4.88. The predicted octanol–water partition coefficient (Wildman–Crippen LogP) is 4.47. The average Bonchev–Trinajstić information content (AvgIpc) is 2.94. The lowest BCUT2D eigenvalue weighted by Gasteiger charge is -2.27. The van der Waals surface area contributed by atoms with E-state index in [2.05, 4.69) is 6.92 Å². The molecule has 0 radical (unpaired) electrons. The topological polar surface area (TPSA) is 66.8 Å². The maximum absolute atomic E-state index is 13.2. The Bertz CT molecular complexity index is 656. The Morgan fingerprint density at radius 3 is 2.56 bits per heavy atom. The van der Waals surface area contributed by atoms with Crippen molar-refractivity contribution in [2.24, 2.45) is 11.8 Å². The summed E-state index contributed by atoms with van der Waals surface area (Å²) in [6.45, 7) is 7.87. The van der Waals surface area contributed by atoms with Crippen molar-refractivity contribution in [3.05, 3.63) is 48.0 Å². The quantitative estimate of drug-likeness (QED) is 0.683. The highest BCUT2D eigenvalue weighted by molar-refractivity contribution is 5.95. The van der Waals surface area contributed by atoms with E-state index in [4.69, 9.17) is 4.74 Å². The first-order valence-corrected chi connectivity index (χ1v) is 9.80. The van der Waals surface area contributed by atoms with Crippen LogP contribution in [0, 0.1) is 11.8 Å². The number of ether oxygens (including phenoxy) is 1. The van der Waals surface area contributed by atoms with Gasteiger partial charge in [-0.1, -0.05) is 69.7 Å². The number of carbonyl (C=O) groups is 2. The van der Waals surface area contributed by atoms with Crippen LogP contribution in [0.4, 0.5) is 4.79 Å². The molecule has 1 fully saturated rings. The Balaban J connectivity index is 2.21. The van der Waals surface area contributed by atoms with E-state index in [1.165, 1.54) is 4.90 Å². The normalized spacial score (nSPS) is 22.3. The fraction of sp³-hybridized carbons (Fsp3) is 0.545. The van der Waals surface area contributed by atoms with Gasteiger partial charge in [0.25, 0.3) is 0 Å². The lowest BCUT2D eigenvalue weighted by Crippen LogP contribution is -2.45. The van der Waals surface area contributed by atoms with Crippen molar-refractivity contribution in [3.8, 4) is 0 Å². The number of amides is 2. The first-order chi connectivity index (χ1) is 12.9. The fourth-order valence-corrected chi connectivity index (χ4v) is 3.45. The second-order valence-electron chi connectivity index (χ2n) is 7.61. The predicted molar refractivity (Wildman–Crippen MR) is 105 cm³/mol. The molecule has 1 saturated heterocycles. The summed E-state index contributed by atoms with van der Waals surface area (Å²) in [4.78, 5) is 26.8. The first-order valence-electron chi connectivity index (χ1n) is 9.80. The van der Waals surface area contributed by atoms with Crippen LogP contribution in [0.1, 0.15) is 58.6 Å². The Hall–Kier alpha value is -2.14. The summed E-state index contributed by atoms with van der Waals surface area (Å²) in [5, 5.41) is 10.6. The molecule has 2 amide bonds. The second-order valence-corrected chi connectivity index (χ2v) is 7.61. The fourth-order valence-electron chi connectivity index (χ4n) is 3.45. The zero-order valence-corrected chi connectivity index (χ0v) is 16.7. The number of benzene rings is 1. The van der Waals surface area contributed by atoms with E-state index >= 15 is 0 Å². The summed E-state index contributed by atoms with van der Waals surface area (Å²) in [7, 11) is 0. The maximum Gasteiger partial charge on any atom is 0.417 e. The third-order valence-electron chi connectivity index (χ3n) is 4.88. The van der Waals surface area contributed by atoms with Crippen LogP contribution in [0.2, 0.25) is 0 Å². The lowest BCUT2D eigenvalue weighted by molar-refractivity contribution is -0.136. The minimum atomic E-state index is -0.915. The molecule has 148 valence electrons. The molecule has 5 nitrogen and oxygen atoms in total. The van der Waals surface area contributed by atoms with Crippen molar-refractivity contribution < 1.29 is 19.4 Å². The van der Waals surface area contributed by atoms with Crippen LogP contribution < -0.4 is 0 Å². The summed E-state index contributed by atoms with van der Waals surface area (Å²) in [6.07, 6.45) is 3.84. The zero-order chi connectivity index (χ0) is 20.0. The van der Waals surface area contributed by atoms with E-state index in [1.807, 2.05) is 57.2 Å². The van der Waals surface area contributed by atoms with Crippen molar-refractivity contribution >= 4 is 12.0 Å². The molecule has 1 aliphatic rings. The van der Waals surface area contributed by atoms with E-state index in [1.54, 1.807) is 6.08 Å². The van der Waals surface area contributed by atoms with Gasteiger partial charge in [0.1, 0.15) is 6.10 Å². The third kappa shape index (κ3) is 5.19. The van der Waals surface area contributed by atoms with Crippen LogP contribution in [0.5, 0.6) is 0 Å². The van der Waals surface area contributed by atoms with Gasteiger partial charge in [-0.3, -0.25) is 4.79 Å². The maximum atomic E-state index is 13.2. The number of carbonyl (C=O) groups excluding carboxylic acids is 2. The van der Waals surface area contributed by atoms with Crippen molar-refractivity contribution in [1.82, 2.24) is 4.90 Å². The number of rotatable bonds is 8. The number of cyclic esters (lactones) is 1. The second kappa shape index (κ2) is 9.70. The Kier molecular flexibility index (Phi) is 7.60. The van der Waals surface area contributed by atoms with Crippen LogP contribution >= 0.6 is 0 Å². The number of aliphatic hydroxyl groups is 1. The van der Waals surface area contributed by atoms with Crippen molar-refractivity contribution in [2.45, 2.75) is 65.2 Å². The summed E-state index contributed by atoms with van der Waals surface area (Å²) in [6, 6.07) is 9.00. The summed E-state index contributed by atoms with van der Waals surface area (Å²) >= 11 is 0. The summed E-state index contributed by atoms with van der Waals surface area (Å²) in [5.74, 6) is -0.817. The Morgan fingerprint density at radius 2 is 1.96 bits per heavy atom. The standard InChI is InChI=1S/C22H31NO4/c1-5-6-8-13-19(24)18(14-15(2)3)21(25)23-16(4)20(27-22(23)26)17-11-9-7-10-12-17/h7-13,15-16,18-20,24H,5-6,14H2,1-4H3/b13-8+/t16-,18-,19+,20-/m1/s1. The summed E-state index contributed by atoms with van der Waals surface area (Å²) in [5.41, 5.74) is 0.859. The van der Waals surface area contributed by atoms with Crippen LogP contribution in [-0.2, 0) is 9.53 Å². The Labute approximate surface area is 162 Å². The van der Waals surface area contributed by atoms with E-state index in [9.17, 15) is 14.7 Å². The zero-order valence-electron chi connectivity index (χ0n) is 16.7. The van der Waals surface area contributed by atoms with Gasteiger partial charge >= 0.3 is 6.09 Å². The molecule has 1 aromatic carbocycles. The highest BCUT2D eigenvalue weighted by Crippen LogP contribution is 2.34. The highest BCUT2D eigenvalue weighted by atomic mass is 16.6. The van der Waals surface area contributed by atoms with Crippen LogP contribution in [0.15, 0.2) is 42.5 Å². The molecule has 1 aliphatic heterocycles. The lowest BCUT2D eigenvalue weighted by atomic mass is 9.89. The molecule has 0 spiro atoms. The molecule has 1 aromatic rings. The van der Waals surface area contributed by atoms with E-state index in [0.717, 1.165) is 18.4 Å². The molecule has 0 unspecified atom stereocenters. The van der Waals surface area contributed by atoms with Gasteiger partial charge in [-0.15, -0.1) is 0 Å². The molecule has 1 heterocycles. The van der Waals surface area contributed by atoms with E-state index in [-0.39, 0.29) is 11.8 Å². The van der Waals surface area contributed by atoms with Gasteiger partial charge < -0.3 is 9.84 Å². The molecule has 0 aromatic heterocycles. The van der Waals surface area contributed by atoms with E-state index in [0.29, 0.717) is 6.42 Å². The average molecular weight is 373 g/mol. The van der Waals surface area contributed by atoms with Crippen molar-refractivity contribution in [3.63, 3.8) is 0 Å². The van der Waals surface area contributed by atoms with Gasteiger partial charge in [-0.05, 0) is 31.2 Å². The molecule has 1 N–H and O–H groups in total. The molecular weight excluding hydrogens is 342 g/mol. The molecule has 4 atom stereocenters. The minimum absolute atomic E-state index is 0.215. The van der Waals surface area contributed by atoms with Crippen molar-refractivity contribution in [2.75, 3.05) is 0 Å². The van der Waals surface area contributed by atoms with E-state index < -0.39 is 30.3 Å². The summed E-state index contributed by atoms with van der Waals surface area (Å²) < 4.78 is 5.49. The molecule has 27 heavy (non-hydrogen) atoms. The highest BCUT2D eigenvalue weighted by Gasteiger charge is 2.46. The molecule has 0 bridgehead atoms. The van der Waals surface area contributed by atoms with Gasteiger partial charge in [0.15, 0.2) is 0 Å². The molecule has 5 heteroatoms. The number of unbranched alkanes of at least 4 members (excludes halogenated alkanes) is 1. The van der Waals surface area contributed by atoms with Crippen molar-refractivity contribution in [1.29, 1.82) is 0 Å². The first kappa shape index (κ1) is 21.2. The van der Waals surface area contributed by atoms with Gasteiger partial charge in [0.2, 0.25) is 5.91 Å². The number of hydrogen-bond acceptors (Lipinski definition) is 4. The molecular formula is C22H31NO4. The molecule has 2 rings (SSSR count). The smallest absolute Gasteiger partial charge is 0.417 e. The monoisotopic (exact) mass is 373 g/mol. The van der Waals surface area contributed by atoms with Crippen LogP contribution in [0.25, 0.3) is 0 Å². The number of imide groups is 1. The largest absolute Gasteiger partial charge is 0.439 e. The number of hydrogen-bond donors (Lipinski definition) is 1. The van der Waals surface area contributed by atoms with Gasteiger partial charge in [0, 0.05) is 0 Å². The molecule has 0 aliphatic carbocycles. The number of nitrogens with zero attached hydrogens (tertiary/aromatic N) is 1. The van der Waals surface area contributed by atoms with Crippen LogP contribution in [-0.4, -0.2) is 34.2 Å². The van der Waals surface area contributed by atoms with Crippen LogP contribution in [0.3, 0.4) is 0 Å². The number of allylic oxidation sites excluding steroid dienone is 1. The van der Waals surface area contributed by atoms with Gasteiger partial charge in [-0.25, -0.2) is 9.69 Å². The van der Waals surface area contributed by atoms with Gasteiger partial charge in [0.05, 0.1) is 18.1 Å². The Morgan fingerprint density at radius 1 is 1.30 bits per heavy atom. The SMILES string of the molecule is CCC/C=C/[C@H](O)[C@@H](CC(C)C)C(=O)N1C(=O)O[C@@H](c2ccccc2)[C@H]1C.